The predicted octanol–water partition coefficient (Wildman–Crippen LogP) is 2.05. The van der Waals surface area contributed by atoms with Gasteiger partial charge in [0.25, 0.3) is 5.69 Å². The van der Waals surface area contributed by atoms with Crippen LogP contribution in [0, 0.1) is 21.3 Å². The Morgan fingerprint density at radius 3 is 2.68 bits per heavy atom. The Balaban J connectivity index is 3.13. The first-order chi connectivity index (χ1) is 8.85. The molecule has 0 saturated heterocycles. The van der Waals surface area contributed by atoms with Gasteiger partial charge in [0.2, 0.25) is 5.91 Å². The van der Waals surface area contributed by atoms with Crippen molar-refractivity contribution in [3.8, 4) is 0 Å². The van der Waals surface area contributed by atoms with E-state index in [0.29, 0.717) is 6.42 Å². The number of benzene rings is 1. The highest BCUT2D eigenvalue weighted by Gasteiger charge is 2.32. The number of nitrogens with two attached hydrogens (primary N) is 1. The van der Waals surface area contributed by atoms with Gasteiger partial charge in [-0.1, -0.05) is 13.0 Å². The zero-order chi connectivity index (χ0) is 14.6. The number of amides is 1. The van der Waals surface area contributed by atoms with Gasteiger partial charge in [-0.15, -0.1) is 0 Å². The number of anilines is 1. The van der Waals surface area contributed by atoms with Gasteiger partial charge >= 0.3 is 0 Å². The molecule has 0 aliphatic rings. The molecule has 19 heavy (non-hydrogen) atoms. The lowest BCUT2D eigenvalue weighted by Crippen LogP contribution is -2.39. The van der Waals surface area contributed by atoms with E-state index in [1.165, 1.54) is 6.07 Å². The van der Waals surface area contributed by atoms with E-state index in [0.717, 1.165) is 12.1 Å². The number of hydrogen-bond acceptors (Lipinski definition) is 4. The maximum absolute atomic E-state index is 13.6. The molecule has 0 bridgehead atoms. The first-order valence-corrected chi connectivity index (χ1v) is 5.80. The second kappa shape index (κ2) is 5.75. The molecule has 6 nitrogen and oxygen atoms in total. The summed E-state index contributed by atoms with van der Waals surface area (Å²) in [6, 6.07) is 3.39. The number of para-hydroxylation sites is 1. The van der Waals surface area contributed by atoms with Gasteiger partial charge in [0.05, 0.1) is 10.3 Å². The first-order valence-electron chi connectivity index (χ1n) is 5.80. The Morgan fingerprint density at radius 1 is 1.58 bits per heavy atom. The van der Waals surface area contributed by atoms with Crippen LogP contribution in [0.1, 0.15) is 20.3 Å². The van der Waals surface area contributed by atoms with Crippen molar-refractivity contribution in [3.63, 3.8) is 0 Å². The van der Waals surface area contributed by atoms with E-state index >= 15 is 0 Å². The average Bonchev–Trinajstić information content (AvgIpc) is 2.39. The van der Waals surface area contributed by atoms with Crippen molar-refractivity contribution in [1.29, 1.82) is 0 Å². The minimum Gasteiger partial charge on any atom is -0.329 e. The van der Waals surface area contributed by atoms with Gasteiger partial charge in [-0.25, -0.2) is 4.39 Å². The van der Waals surface area contributed by atoms with Crippen molar-refractivity contribution in [3.05, 3.63) is 34.1 Å². The SMILES string of the molecule is CCC(C)(CN)C(=O)Nc1c(F)cccc1[N+](=O)[O-]. The molecule has 0 aliphatic carbocycles. The van der Waals surface area contributed by atoms with E-state index in [4.69, 9.17) is 5.73 Å². The predicted molar refractivity (Wildman–Crippen MR) is 69.1 cm³/mol. The summed E-state index contributed by atoms with van der Waals surface area (Å²) in [6.45, 7) is 3.45. The molecule has 0 aromatic heterocycles. The van der Waals surface area contributed by atoms with Gasteiger partial charge in [0, 0.05) is 12.6 Å². The number of nitro benzene ring substituents is 1. The molecule has 0 spiro atoms. The summed E-state index contributed by atoms with van der Waals surface area (Å²) < 4.78 is 13.6. The Bertz CT molecular complexity index is 501. The van der Waals surface area contributed by atoms with E-state index in [-0.39, 0.29) is 6.54 Å². The molecule has 0 fully saturated rings. The molecule has 1 rings (SSSR count). The van der Waals surface area contributed by atoms with Crippen LogP contribution in [0.3, 0.4) is 0 Å². The van der Waals surface area contributed by atoms with Crippen LogP contribution in [0.4, 0.5) is 15.8 Å². The normalized spacial score (nSPS) is 13.7. The van der Waals surface area contributed by atoms with Crippen LogP contribution >= 0.6 is 0 Å². The third kappa shape index (κ3) is 3.05. The van der Waals surface area contributed by atoms with E-state index in [1.54, 1.807) is 13.8 Å². The number of halogens is 1. The van der Waals surface area contributed by atoms with Crippen molar-refractivity contribution in [1.82, 2.24) is 0 Å². The molecule has 0 heterocycles. The molecule has 7 heteroatoms. The summed E-state index contributed by atoms with van der Waals surface area (Å²) in [4.78, 5) is 22.1. The summed E-state index contributed by atoms with van der Waals surface area (Å²) in [5, 5.41) is 13.1. The smallest absolute Gasteiger partial charge is 0.295 e. The number of nitrogens with zero attached hydrogens (tertiary/aromatic N) is 1. The summed E-state index contributed by atoms with van der Waals surface area (Å²) >= 11 is 0. The third-order valence-corrected chi connectivity index (χ3v) is 3.21. The number of carbonyl (C=O) groups excluding carboxylic acids is 1. The molecule has 1 unspecified atom stereocenters. The fourth-order valence-corrected chi connectivity index (χ4v) is 1.45. The van der Waals surface area contributed by atoms with E-state index < -0.39 is 33.4 Å². The zero-order valence-corrected chi connectivity index (χ0v) is 10.8. The first kappa shape index (κ1) is 15.0. The van der Waals surface area contributed by atoms with Gasteiger partial charge in [0.15, 0.2) is 11.5 Å². The van der Waals surface area contributed by atoms with Crippen LogP contribution in [0.25, 0.3) is 0 Å². The van der Waals surface area contributed by atoms with Gasteiger partial charge in [0.1, 0.15) is 0 Å². The van der Waals surface area contributed by atoms with Crippen LogP contribution < -0.4 is 11.1 Å². The second-order valence-electron chi connectivity index (χ2n) is 4.46. The lowest BCUT2D eigenvalue weighted by molar-refractivity contribution is -0.384. The standard InChI is InChI=1S/C12H16FN3O3/c1-3-12(2,7-14)11(17)15-10-8(13)5-4-6-9(10)16(18)19/h4-6H,3,7,14H2,1-2H3,(H,15,17). The minimum atomic E-state index is -0.893. The van der Waals surface area contributed by atoms with E-state index in [1.807, 2.05) is 0 Å². The van der Waals surface area contributed by atoms with E-state index in [2.05, 4.69) is 5.32 Å². The highest BCUT2D eigenvalue weighted by molar-refractivity contribution is 5.97. The molecular formula is C12H16FN3O3. The Kier molecular flexibility index (Phi) is 4.55. The summed E-state index contributed by atoms with van der Waals surface area (Å²) in [5.74, 6) is -1.39. The molecule has 0 radical (unpaired) electrons. The Labute approximate surface area is 109 Å². The summed E-state index contributed by atoms with van der Waals surface area (Å²) in [5.41, 5.74) is 3.72. The number of rotatable bonds is 5. The highest BCUT2D eigenvalue weighted by atomic mass is 19.1. The highest BCUT2D eigenvalue weighted by Crippen LogP contribution is 2.29. The zero-order valence-electron chi connectivity index (χ0n) is 10.8. The molecule has 1 aromatic rings. The molecule has 0 aliphatic heterocycles. The van der Waals surface area contributed by atoms with Crippen molar-refractivity contribution in [2.24, 2.45) is 11.1 Å². The fourth-order valence-electron chi connectivity index (χ4n) is 1.45. The van der Waals surface area contributed by atoms with Crippen LogP contribution in [0.5, 0.6) is 0 Å². The minimum absolute atomic E-state index is 0.0670. The average molecular weight is 269 g/mol. The van der Waals surface area contributed by atoms with Crippen molar-refractivity contribution in [2.45, 2.75) is 20.3 Å². The van der Waals surface area contributed by atoms with Gasteiger partial charge in [-0.3, -0.25) is 14.9 Å². The van der Waals surface area contributed by atoms with Crippen molar-refractivity contribution in [2.75, 3.05) is 11.9 Å². The van der Waals surface area contributed by atoms with Gasteiger partial charge in [-0.05, 0) is 19.4 Å². The fraction of sp³-hybridized carbons (Fsp3) is 0.417. The molecular weight excluding hydrogens is 253 g/mol. The number of nitrogens with one attached hydrogen (secondary N) is 1. The Morgan fingerprint density at radius 2 is 2.21 bits per heavy atom. The topological polar surface area (TPSA) is 98.3 Å². The van der Waals surface area contributed by atoms with Crippen LogP contribution in [0.2, 0.25) is 0 Å². The monoisotopic (exact) mass is 269 g/mol. The van der Waals surface area contributed by atoms with Crippen LogP contribution in [-0.4, -0.2) is 17.4 Å². The number of nitro groups is 1. The Hall–Kier alpha value is -2.02. The quantitative estimate of drug-likeness (QED) is 0.631. The van der Waals surface area contributed by atoms with E-state index in [9.17, 15) is 19.3 Å². The molecule has 1 atom stereocenters. The van der Waals surface area contributed by atoms with Crippen LogP contribution in [-0.2, 0) is 4.79 Å². The maximum Gasteiger partial charge on any atom is 0.295 e. The lowest BCUT2D eigenvalue weighted by atomic mass is 9.86. The third-order valence-electron chi connectivity index (χ3n) is 3.21. The largest absolute Gasteiger partial charge is 0.329 e. The van der Waals surface area contributed by atoms with Gasteiger partial charge in [-0.2, -0.15) is 0 Å². The lowest BCUT2D eigenvalue weighted by Gasteiger charge is -2.24. The molecule has 1 amide bonds. The molecule has 0 saturated carbocycles. The molecule has 3 N–H and O–H groups in total. The van der Waals surface area contributed by atoms with Crippen LogP contribution in [0.15, 0.2) is 18.2 Å². The summed E-state index contributed by atoms with van der Waals surface area (Å²) in [6.07, 6.45) is 0.442. The van der Waals surface area contributed by atoms with Gasteiger partial charge < -0.3 is 11.1 Å². The maximum atomic E-state index is 13.6. The number of carbonyl (C=O) groups is 1. The molecule has 1 aromatic carbocycles. The van der Waals surface area contributed by atoms with Crippen molar-refractivity contribution >= 4 is 17.3 Å². The summed E-state index contributed by atoms with van der Waals surface area (Å²) in [7, 11) is 0. The van der Waals surface area contributed by atoms with Crippen molar-refractivity contribution < 1.29 is 14.1 Å². The molecule has 104 valence electrons. The number of hydrogen-bond donors (Lipinski definition) is 2. The second-order valence-corrected chi connectivity index (χ2v) is 4.46.